The third kappa shape index (κ3) is 4.03. The van der Waals surface area contributed by atoms with Gasteiger partial charge in [-0.05, 0) is 31.3 Å². The van der Waals surface area contributed by atoms with Gasteiger partial charge < -0.3 is 16.0 Å². The number of thiazole rings is 1. The van der Waals surface area contributed by atoms with Gasteiger partial charge in [0, 0.05) is 18.7 Å². The Balaban J connectivity index is 1.83. The van der Waals surface area contributed by atoms with E-state index < -0.39 is 5.82 Å². The van der Waals surface area contributed by atoms with Crippen LogP contribution in [0.4, 0.5) is 15.3 Å². The van der Waals surface area contributed by atoms with E-state index >= 15 is 0 Å². The highest BCUT2D eigenvalue weighted by Crippen LogP contribution is 2.31. The maximum atomic E-state index is 13.4. The Hall–Kier alpha value is -2.03. The summed E-state index contributed by atoms with van der Waals surface area (Å²) in [6, 6.07) is 4.33. The molecule has 2 heterocycles. The number of nitrogens with two attached hydrogens (primary N) is 1. The maximum Gasteiger partial charge on any atom is 0.185 e. The fraction of sp³-hybridized carbons (Fsp3) is 0.353. The van der Waals surface area contributed by atoms with Crippen molar-refractivity contribution in [3.63, 3.8) is 0 Å². The molecule has 1 aromatic carbocycles. The zero-order valence-electron chi connectivity index (χ0n) is 14.6. The van der Waals surface area contributed by atoms with Gasteiger partial charge in [-0.25, -0.2) is 14.4 Å². The molecule has 3 rings (SSSR count). The molecule has 9 heteroatoms. The molecule has 0 saturated heterocycles. The summed E-state index contributed by atoms with van der Waals surface area (Å²) in [7, 11) is 0. The van der Waals surface area contributed by atoms with Gasteiger partial charge in [0.1, 0.15) is 16.3 Å². The highest BCUT2D eigenvalue weighted by atomic mass is 35.5. The predicted molar refractivity (Wildman–Crippen MR) is 106 cm³/mol. The van der Waals surface area contributed by atoms with Gasteiger partial charge in [0.2, 0.25) is 0 Å². The molecule has 0 aliphatic rings. The van der Waals surface area contributed by atoms with Crippen molar-refractivity contribution < 1.29 is 4.39 Å². The van der Waals surface area contributed by atoms with Crippen LogP contribution in [0.25, 0.3) is 21.7 Å². The molecule has 0 unspecified atom stereocenters. The Morgan fingerprint density at radius 2 is 2.00 bits per heavy atom. The number of hydrogen-bond acceptors (Lipinski definition) is 7. The molecule has 0 amide bonds. The Kier molecular flexibility index (Phi) is 5.85. The number of nitrogen functional groups attached to an aromatic ring is 1. The van der Waals surface area contributed by atoms with Gasteiger partial charge >= 0.3 is 0 Å². The van der Waals surface area contributed by atoms with Crippen LogP contribution in [-0.4, -0.2) is 46.0 Å². The summed E-state index contributed by atoms with van der Waals surface area (Å²) in [4.78, 5) is 15.6. The number of rotatable bonds is 7. The number of nitrogens with zero attached hydrogens (tertiary/aromatic N) is 4. The number of nitrogens with one attached hydrogen (secondary N) is 1. The van der Waals surface area contributed by atoms with Gasteiger partial charge in [0.15, 0.2) is 16.6 Å². The van der Waals surface area contributed by atoms with E-state index in [0.29, 0.717) is 22.9 Å². The molecule has 6 nitrogen and oxygen atoms in total. The van der Waals surface area contributed by atoms with Gasteiger partial charge in [0.25, 0.3) is 0 Å². The van der Waals surface area contributed by atoms with Gasteiger partial charge in [-0.15, -0.1) is 0 Å². The molecular weight excluding hydrogens is 375 g/mol. The lowest BCUT2D eigenvalue weighted by atomic mass is 10.2. The molecule has 0 aliphatic heterocycles. The van der Waals surface area contributed by atoms with Gasteiger partial charge in [-0.3, -0.25) is 0 Å². The fourth-order valence-corrected chi connectivity index (χ4v) is 3.56. The van der Waals surface area contributed by atoms with Crippen LogP contribution in [0.15, 0.2) is 18.2 Å². The molecule has 0 fully saturated rings. The highest BCUT2D eigenvalue weighted by Gasteiger charge is 2.14. The largest absolute Gasteiger partial charge is 0.382 e. The summed E-state index contributed by atoms with van der Waals surface area (Å²) >= 11 is 7.27. The average Bonchev–Trinajstić information content (AvgIpc) is 3.04. The van der Waals surface area contributed by atoms with E-state index in [1.54, 1.807) is 6.07 Å². The number of aromatic nitrogens is 3. The van der Waals surface area contributed by atoms with Crippen molar-refractivity contribution in [1.82, 2.24) is 19.9 Å². The van der Waals surface area contributed by atoms with Crippen LogP contribution < -0.4 is 11.1 Å². The zero-order chi connectivity index (χ0) is 18.7. The van der Waals surface area contributed by atoms with E-state index in [2.05, 4.69) is 39.0 Å². The number of benzene rings is 1. The standard InChI is InChI=1S/C17H20ClFN6S/c1-3-25(4-2)8-7-21-17-24-16-13(26-17)14(20)22-15(23-16)10-5-6-12(19)11(18)9-10/h5-6,9H,3-4,7-8H2,1-2H3,(H3,20,21,22,23,24). The van der Waals surface area contributed by atoms with Crippen molar-refractivity contribution in [3.05, 3.63) is 29.0 Å². The molecule has 0 atom stereocenters. The van der Waals surface area contributed by atoms with Gasteiger partial charge in [-0.2, -0.15) is 4.98 Å². The van der Waals surface area contributed by atoms with Crippen LogP contribution in [-0.2, 0) is 0 Å². The average molecular weight is 395 g/mol. The fourth-order valence-electron chi connectivity index (χ4n) is 2.55. The van der Waals surface area contributed by atoms with Crippen LogP contribution in [0.3, 0.4) is 0 Å². The smallest absolute Gasteiger partial charge is 0.185 e. The molecule has 2 aromatic heterocycles. The minimum atomic E-state index is -0.488. The van der Waals surface area contributed by atoms with Crippen molar-refractivity contribution in [2.75, 3.05) is 37.2 Å². The second kappa shape index (κ2) is 8.11. The van der Waals surface area contributed by atoms with Crippen LogP contribution in [0.2, 0.25) is 5.02 Å². The summed E-state index contributed by atoms with van der Waals surface area (Å²) in [6.45, 7) is 8.03. The molecule has 138 valence electrons. The van der Waals surface area contributed by atoms with Gasteiger partial charge in [0.05, 0.1) is 5.02 Å². The lowest BCUT2D eigenvalue weighted by Crippen LogP contribution is -2.28. The Morgan fingerprint density at radius 3 is 2.69 bits per heavy atom. The summed E-state index contributed by atoms with van der Waals surface area (Å²) in [5.74, 6) is 0.231. The number of fused-ring (bicyclic) bond motifs is 1. The second-order valence-corrected chi connectivity index (χ2v) is 7.09. The summed E-state index contributed by atoms with van der Waals surface area (Å²) in [5.41, 5.74) is 7.18. The van der Waals surface area contributed by atoms with E-state index in [-0.39, 0.29) is 5.02 Å². The van der Waals surface area contributed by atoms with Crippen LogP contribution in [0.5, 0.6) is 0 Å². The summed E-state index contributed by atoms with van der Waals surface area (Å²) < 4.78 is 14.1. The molecule has 0 radical (unpaired) electrons. The molecule has 0 bridgehead atoms. The molecule has 0 saturated carbocycles. The molecular formula is C17H20ClFN6S. The Bertz CT molecular complexity index is 912. The zero-order valence-corrected chi connectivity index (χ0v) is 16.2. The van der Waals surface area contributed by atoms with Crippen molar-refractivity contribution in [2.24, 2.45) is 0 Å². The maximum absolute atomic E-state index is 13.4. The highest BCUT2D eigenvalue weighted by molar-refractivity contribution is 7.22. The molecule has 0 spiro atoms. The van der Waals surface area contributed by atoms with Crippen LogP contribution >= 0.6 is 22.9 Å². The second-order valence-electron chi connectivity index (χ2n) is 5.69. The number of anilines is 2. The van der Waals surface area contributed by atoms with E-state index in [1.807, 2.05) is 0 Å². The SMILES string of the molecule is CCN(CC)CCNc1nc2nc(-c3ccc(F)c(Cl)c3)nc(N)c2s1. The first-order valence-corrected chi connectivity index (χ1v) is 9.57. The first-order valence-electron chi connectivity index (χ1n) is 8.37. The molecule has 26 heavy (non-hydrogen) atoms. The topological polar surface area (TPSA) is 80.0 Å². The molecule has 3 N–H and O–H groups in total. The van der Waals surface area contributed by atoms with E-state index in [0.717, 1.165) is 36.0 Å². The quantitative estimate of drug-likeness (QED) is 0.633. The third-order valence-electron chi connectivity index (χ3n) is 4.06. The monoisotopic (exact) mass is 394 g/mol. The van der Waals surface area contributed by atoms with E-state index in [9.17, 15) is 4.39 Å². The normalized spacial score (nSPS) is 11.4. The Labute approximate surface area is 160 Å². The van der Waals surface area contributed by atoms with Crippen LogP contribution in [0, 0.1) is 5.82 Å². The molecule has 3 aromatic rings. The van der Waals surface area contributed by atoms with Crippen molar-refractivity contribution in [2.45, 2.75) is 13.8 Å². The number of hydrogen-bond donors (Lipinski definition) is 2. The van der Waals surface area contributed by atoms with E-state index in [4.69, 9.17) is 17.3 Å². The first kappa shape index (κ1) is 18.8. The minimum Gasteiger partial charge on any atom is -0.382 e. The van der Waals surface area contributed by atoms with Crippen molar-refractivity contribution in [1.29, 1.82) is 0 Å². The van der Waals surface area contributed by atoms with Crippen molar-refractivity contribution in [3.8, 4) is 11.4 Å². The van der Waals surface area contributed by atoms with Crippen molar-refractivity contribution >= 4 is 44.2 Å². The lowest BCUT2D eigenvalue weighted by Gasteiger charge is -2.17. The minimum absolute atomic E-state index is 0.0156. The number of likely N-dealkylation sites (N-methyl/N-ethyl adjacent to an activating group) is 1. The number of halogens is 2. The van der Waals surface area contributed by atoms with Gasteiger partial charge in [-0.1, -0.05) is 36.8 Å². The summed E-state index contributed by atoms with van der Waals surface area (Å²) in [5, 5.41) is 4.08. The first-order chi connectivity index (χ1) is 12.5. The summed E-state index contributed by atoms with van der Waals surface area (Å²) in [6.07, 6.45) is 0. The third-order valence-corrected chi connectivity index (χ3v) is 5.37. The Morgan fingerprint density at radius 1 is 1.23 bits per heavy atom. The molecule has 0 aliphatic carbocycles. The predicted octanol–water partition coefficient (Wildman–Crippen LogP) is 3.88. The van der Waals surface area contributed by atoms with Crippen LogP contribution in [0.1, 0.15) is 13.8 Å². The van der Waals surface area contributed by atoms with E-state index in [1.165, 1.54) is 23.5 Å². The lowest BCUT2D eigenvalue weighted by molar-refractivity contribution is 0.316.